The number of nitrogens with zero attached hydrogens (tertiary/aromatic N) is 2. The molecule has 1 fully saturated rings. The van der Waals surface area contributed by atoms with Crippen molar-refractivity contribution < 1.29 is 4.74 Å². The molecule has 0 amide bonds. The number of rotatable bonds is 6. The Hall–Kier alpha value is -2.05. The monoisotopic (exact) mass is 438 g/mol. The Balaban J connectivity index is 1.20. The Morgan fingerprint density at radius 2 is 1.87 bits per heavy atom. The van der Waals surface area contributed by atoms with E-state index in [1.54, 1.807) is 0 Å². The van der Waals surface area contributed by atoms with Crippen molar-refractivity contribution in [3.8, 4) is 5.75 Å². The smallest absolute Gasteiger partial charge is 0.119 e. The molecule has 0 saturated carbocycles. The topological polar surface area (TPSA) is 43.5 Å². The second-order valence-electron chi connectivity index (χ2n) is 8.76. The summed E-state index contributed by atoms with van der Waals surface area (Å²) in [6.07, 6.45) is 2.08. The van der Waals surface area contributed by atoms with Gasteiger partial charge in [-0.25, -0.2) is 0 Å². The van der Waals surface area contributed by atoms with Crippen LogP contribution in [0.4, 0.5) is 0 Å². The molecule has 5 nitrogen and oxygen atoms in total. The lowest BCUT2D eigenvalue weighted by molar-refractivity contribution is 0.145. The fourth-order valence-corrected chi connectivity index (χ4v) is 4.96. The third-order valence-corrected chi connectivity index (χ3v) is 6.85. The molecule has 0 bridgehead atoms. The van der Waals surface area contributed by atoms with Crippen LogP contribution in [0.15, 0.2) is 42.5 Å². The molecule has 5 rings (SSSR count). The summed E-state index contributed by atoms with van der Waals surface area (Å²) in [5.41, 5.74) is 5.04. The number of halogens is 1. The van der Waals surface area contributed by atoms with E-state index in [0.717, 1.165) is 48.8 Å². The molecule has 2 aliphatic heterocycles. The fraction of sp³-hybridized carbons (Fsp3) is 0.440. The lowest BCUT2D eigenvalue weighted by Gasteiger charge is -2.32. The summed E-state index contributed by atoms with van der Waals surface area (Å²) in [5.74, 6) is 0.946. The molecule has 3 heterocycles. The maximum absolute atomic E-state index is 6.24. The van der Waals surface area contributed by atoms with E-state index in [4.69, 9.17) is 16.3 Å². The van der Waals surface area contributed by atoms with Gasteiger partial charge in [0.1, 0.15) is 5.75 Å². The van der Waals surface area contributed by atoms with Crippen LogP contribution in [0.1, 0.15) is 29.3 Å². The molecule has 0 spiro atoms. The second kappa shape index (κ2) is 9.21. The van der Waals surface area contributed by atoms with Crippen molar-refractivity contribution in [3.63, 3.8) is 0 Å². The van der Waals surface area contributed by atoms with Crippen LogP contribution in [0.2, 0.25) is 5.02 Å². The molecule has 2 N–H and O–H groups in total. The number of hydrogen-bond acceptors (Lipinski definition) is 4. The average Bonchev–Trinajstić information content (AvgIpc) is 3.16. The Kier molecular flexibility index (Phi) is 6.19. The number of likely N-dealkylation sites (N-methyl/N-ethyl adjacent to an activating group) is 1. The van der Waals surface area contributed by atoms with Crippen LogP contribution in [0.5, 0.6) is 5.75 Å². The molecule has 2 aliphatic rings. The molecule has 31 heavy (non-hydrogen) atoms. The minimum absolute atomic E-state index is 0.168. The first kappa shape index (κ1) is 20.8. The average molecular weight is 439 g/mol. The minimum atomic E-state index is 0.168. The summed E-state index contributed by atoms with van der Waals surface area (Å²) in [7, 11) is 2.20. The van der Waals surface area contributed by atoms with Crippen molar-refractivity contribution >= 4 is 22.5 Å². The predicted octanol–water partition coefficient (Wildman–Crippen LogP) is 4.07. The van der Waals surface area contributed by atoms with E-state index in [-0.39, 0.29) is 6.04 Å². The highest BCUT2D eigenvalue weighted by molar-refractivity contribution is 6.31. The number of ether oxygens (including phenoxy) is 1. The van der Waals surface area contributed by atoms with Crippen molar-refractivity contribution in [2.75, 3.05) is 52.9 Å². The molecule has 1 aromatic heterocycles. The number of benzene rings is 2. The number of hydrogen-bond donors (Lipinski definition) is 2. The fourth-order valence-electron chi connectivity index (χ4n) is 4.79. The second-order valence-corrected chi connectivity index (χ2v) is 9.20. The molecule has 1 saturated heterocycles. The summed E-state index contributed by atoms with van der Waals surface area (Å²) in [5, 5.41) is 5.70. The van der Waals surface area contributed by atoms with E-state index < -0.39 is 0 Å². The van der Waals surface area contributed by atoms with Gasteiger partial charge in [0.2, 0.25) is 0 Å². The largest absolute Gasteiger partial charge is 0.494 e. The van der Waals surface area contributed by atoms with Crippen LogP contribution < -0.4 is 10.1 Å². The zero-order valence-electron chi connectivity index (χ0n) is 18.2. The van der Waals surface area contributed by atoms with Gasteiger partial charge in [0, 0.05) is 60.9 Å². The first-order valence-corrected chi connectivity index (χ1v) is 11.7. The van der Waals surface area contributed by atoms with E-state index in [9.17, 15) is 0 Å². The third kappa shape index (κ3) is 4.60. The highest BCUT2D eigenvalue weighted by Gasteiger charge is 2.25. The highest BCUT2D eigenvalue weighted by atomic mass is 35.5. The molecule has 6 heteroatoms. The van der Waals surface area contributed by atoms with Gasteiger partial charge in [-0.3, -0.25) is 0 Å². The van der Waals surface area contributed by atoms with Crippen molar-refractivity contribution in [2.45, 2.75) is 18.9 Å². The van der Waals surface area contributed by atoms with Gasteiger partial charge in [-0.15, -0.1) is 0 Å². The lowest BCUT2D eigenvalue weighted by Crippen LogP contribution is -2.44. The molecule has 3 aromatic rings. The molecule has 1 unspecified atom stereocenters. The summed E-state index contributed by atoms with van der Waals surface area (Å²) in [4.78, 5) is 8.55. The quantitative estimate of drug-likeness (QED) is 0.569. The first-order chi connectivity index (χ1) is 15.2. The van der Waals surface area contributed by atoms with Crippen LogP contribution in [-0.2, 0) is 6.42 Å². The number of fused-ring (bicyclic) bond motifs is 3. The molecule has 2 aromatic carbocycles. The van der Waals surface area contributed by atoms with E-state index in [1.165, 1.54) is 48.4 Å². The SMILES string of the molecule is CN1CCN(CCCOc2ccc(C3NCCc4c3[nH]c3ccc(Cl)cc43)cc2)CC1. The molecular weight excluding hydrogens is 408 g/mol. The van der Waals surface area contributed by atoms with Gasteiger partial charge in [-0.2, -0.15) is 0 Å². The number of aromatic nitrogens is 1. The van der Waals surface area contributed by atoms with Gasteiger partial charge < -0.3 is 24.8 Å². The Morgan fingerprint density at radius 3 is 2.68 bits per heavy atom. The Labute approximate surface area is 189 Å². The van der Waals surface area contributed by atoms with Crippen molar-refractivity contribution in [1.29, 1.82) is 0 Å². The van der Waals surface area contributed by atoms with Crippen LogP contribution in [0, 0.1) is 0 Å². The van der Waals surface area contributed by atoms with Crippen molar-refractivity contribution in [1.82, 2.24) is 20.1 Å². The standard InChI is InChI=1S/C25H31ClN4O/c1-29-12-14-30(15-13-29)11-2-16-31-20-6-3-18(4-7-20)24-25-21(9-10-27-24)22-17-19(26)5-8-23(22)28-25/h3-8,17,24,27-28H,2,9-16H2,1H3. The maximum Gasteiger partial charge on any atom is 0.119 e. The van der Waals surface area contributed by atoms with Crippen LogP contribution in [0.25, 0.3) is 10.9 Å². The van der Waals surface area contributed by atoms with Gasteiger partial charge in [0.15, 0.2) is 0 Å². The maximum atomic E-state index is 6.24. The van der Waals surface area contributed by atoms with Gasteiger partial charge in [0.25, 0.3) is 0 Å². The zero-order valence-corrected chi connectivity index (χ0v) is 18.9. The van der Waals surface area contributed by atoms with E-state index in [1.807, 2.05) is 6.07 Å². The zero-order chi connectivity index (χ0) is 21.2. The van der Waals surface area contributed by atoms with Gasteiger partial charge in [-0.1, -0.05) is 23.7 Å². The van der Waals surface area contributed by atoms with Crippen LogP contribution in [-0.4, -0.2) is 67.7 Å². The molecule has 164 valence electrons. The van der Waals surface area contributed by atoms with Crippen molar-refractivity contribution in [3.05, 3.63) is 64.3 Å². The number of H-pyrrole nitrogens is 1. The number of nitrogens with one attached hydrogen (secondary N) is 2. The van der Waals surface area contributed by atoms with Gasteiger partial charge in [-0.05, 0) is 61.3 Å². The molecule has 0 radical (unpaired) electrons. The minimum Gasteiger partial charge on any atom is -0.494 e. The predicted molar refractivity (Wildman–Crippen MR) is 127 cm³/mol. The van der Waals surface area contributed by atoms with Crippen molar-refractivity contribution in [2.24, 2.45) is 0 Å². The Morgan fingerprint density at radius 1 is 1.06 bits per heavy atom. The summed E-state index contributed by atoms with van der Waals surface area (Å²) < 4.78 is 6.01. The first-order valence-electron chi connectivity index (χ1n) is 11.3. The molecule has 1 atom stereocenters. The lowest BCUT2D eigenvalue weighted by atomic mass is 9.94. The summed E-state index contributed by atoms with van der Waals surface area (Å²) in [6, 6.07) is 14.8. The van der Waals surface area contributed by atoms with E-state index in [0.29, 0.717) is 0 Å². The summed E-state index contributed by atoms with van der Waals surface area (Å²) >= 11 is 6.24. The van der Waals surface area contributed by atoms with Crippen LogP contribution in [0.3, 0.4) is 0 Å². The normalized spacial score (nSPS) is 20.1. The highest BCUT2D eigenvalue weighted by Crippen LogP contribution is 2.35. The van der Waals surface area contributed by atoms with E-state index in [2.05, 4.69) is 63.5 Å². The van der Waals surface area contributed by atoms with Gasteiger partial charge >= 0.3 is 0 Å². The number of piperazine rings is 1. The van der Waals surface area contributed by atoms with E-state index >= 15 is 0 Å². The van der Waals surface area contributed by atoms with Gasteiger partial charge in [0.05, 0.1) is 12.6 Å². The molecule has 0 aliphatic carbocycles. The summed E-state index contributed by atoms with van der Waals surface area (Å²) in [6.45, 7) is 7.52. The third-order valence-electron chi connectivity index (χ3n) is 6.61. The number of aromatic amines is 1. The van der Waals surface area contributed by atoms with Crippen LogP contribution >= 0.6 is 11.6 Å². The Bertz CT molecular complexity index is 1020. The molecular formula is C25H31ClN4O.